The number of hydrogen-bond acceptors (Lipinski definition) is 4. The molecule has 0 saturated carbocycles. The molecule has 0 amide bonds. The van der Waals surface area contributed by atoms with Crippen molar-refractivity contribution in [3.8, 4) is 0 Å². The highest BCUT2D eigenvalue weighted by molar-refractivity contribution is 5.38. The number of rotatable bonds is 2. The van der Waals surface area contributed by atoms with E-state index in [0.29, 0.717) is 11.9 Å². The van der Waals surface area contributed by atoms with E-state index in [2.05, 4.69) is 15.6 Å². The number of pyridine rings is 1. The fourth-order valence-electron chi connectivity index (χ4n) is 1.75. The maximum Gasteiger partial charge on any atom is 0.126 e. The van der Waals surface area contributed by atoms with Gasteiger partial charge < -0.3 is 16.4 Å². The molecule has 4 nitrogen and oxygen atoms in total. The van der Waals surface area contributed by atoms with Crippen LogP contribution >= 0.6 is 0 Å². The van der Waals surface area contributed by atoms with E-state index >= 15 is 0 Å². The van der Waals surface area contributed by atoms with Crippen molar-refractivity contribution < 1.29 is 0 Å². The van der Waals surface area contributed by atoms with Crippen molar-refractivity contribution in [2.45, 2.75) is 12.5 Å². The fourth-order valence-corrected chi connectivity index (χ4v) is 1.75. The van der Waals surface area contributed by atoms with Crippen LogP contribution in [0.15, 0.2) is 18.3 Å². The Hall–Kier alpha value is -1.13. The van der Waals surface area contributed by atoms with Crippen LogP contribution in [0.1, 0.15) is 5.56 Å². The molecule has 14 heavy (non-hydrogen) atoms. The first-order valence-electron chi connectivity index (χ1n) is 5.00. The van der Waals surface area contributed by atoms with Crippen LogP contribution in [0.4, 0.5) is 5.82 Å². The molecule has 76 valence electrons. The predicted molar refractivity (Wildman–Crippen MR) is 57.0 cm³/mol. The molecule has 1 saturated heterocycles. The van der Waals surface area contributed by atoms with Crippen LogP contribution in [0.3, 0.4) is 0 Å². The molecule has 2 rings (SSSR count). The van der Waals surface area contributed by atoms with Gasteiger partial charge in [-0.3, -0.25) is 0 Å². The van der Waals surface area contributed by atoms with Crippen molar-refractivity contribution in [2.75, 3.05) is 25.4 Å². The molecule has 0 aliphatic carbocycles. The van der Waals surface area contributed by atoms with Gasteiger partial charge in [0.1, 0.15) is 5.82 Å². The quantitative estimate of drug-likeness (QED) is 0.605. The van der Waals surface area contributed by atoms with Crippen LogP contribution in [0, 0.1) is 0 Å². The molecule has 1 aromatic rings. The number of nitrogens with one attached hydrogen (secondary N) is 2. The summed E-state index contributed by atoms with van der Waals surface area (Å²) in [6, 6.07) is 4.45. The lowest BCUT2D eigenvalue weighted by atomic mass is 10.1. The van der Waals surface area contributed by atoms with E-state index in [4.69, 9.17) is 5.73 Å². The van der Waals surface area contributed by atoms with Crippen LogP contribution in [-0.4, -0.2) is 30.7 Å². The topological polar surface area (TPSA) is 63.0 Å². The molecule has 0 spiro atoms. The Labute approximate surface area is 83.9 Å². The fraction of sp³-hybridized carbons (Fsp3) is 0.500. The molecule has 4 N–H and O–H groups in total. The van der Waals surface area contributed by atoms with Crippen molar-refractivity contribution in [1.82, 2.24) is 15.6 Å². The summed E-state index contributed by atoms with van der Waals surface area (Å²) in [5, 5.41) is 6.80. The van der Waals surface area contributed by atoms with Gasteiger partial charge in [0.25, 0.3) is 0 Å². The highest BCUT2D eigenvalue weighted by Crippen LogP contribution is 2.10. The SMILES string of the molecule is Nc1ncccc1CC1CNCCN1. The average Bonchev–Trinajstić information content (AvgIpc) is 2.23. The van der Waals surface area contributed by atoms with E-state index in [-0.39, 0.29) is 0 Å². The van der Waals surface area contributed by atoms with Crippen molar-refractivity contribution in [3.05, 3.63) is 23.9 Å². The number of nitrogens with zero attached hydrogens (tertiary/aromatic N) is 1. The van der Waals surface area contributed by atoms with Gasteiger partial charge in [0.05, 0.1) is 0 Å². The van der Waals surface area contributed by atoms with Crippen molar-refractivity contribution in [1.29, 1.82) is 0 Å². The Morgan fingerprint density at radius 3 is 3.14 bits per heavy atom. The number of nitrogens with two attached hydrogens (primary N) is 1. The summed E-state index contributed by atoms with van der Waals surface area (Å²) in [6.07, 6.45) is 2.68. The van der Waals surface area contributed by atoms with Gasteiger partial charge in [0, 0.05) is 31.9 Å². The zero-order chi connectivity index (χ0) is 9.80. The maximum atomic E-state index is 5.78. The Bertz CT molecular complexity index is 294. The highest BCUT2D eigenvalue weighted by Gasteiger charge is 2.13. The number of piperazine rings is 1. The maximum absolute atomic E-state index is 5.78. The van der Waals surface area contributed by atoms with Crippen molar-refractivity contribution in [3.63, 3.8) is 0 Å². The van der Waals surface area contributed by atoms with E-state index in [9.17, 15) is 0 Å². The zero-order valence-electron chi connectivity index (χ0n) is 8.16. The minimum atomic E-state index is 0.482. The summed E-state index contributed by atoms with van der Waals surface area (Å²) in [4.78, 5) is 4.07. The van der Waals surface area contributed by atoms with Crippen LogP contribution in [0.5, 0.6) is 0 Å². The summed E-state index contributed by atoms with van der Waals surface area (Å²) < 4.78 is 0. The summed E-state index contributed by atoms with van der Waals surface area (Å²) in [6.45, 7) is 3.10. The van der Waals surface area contributed by atoms with E-state index in [1.807, 2.05) is 12.1 Å². The summed E-state index contributed by atoms with van der Waals surface area (Å²) >= 11 is 0. The lowest BCUT2D eigenvalue weighted by Crippen LogP contribution is -2.49. The molecule has 1 fully saturated rings. The summed E-state index contributed by atoms with van der Waals surface area (Å²) in [5.74, 6) is 0.653. The standard InChI is InChI=1S/C10H16N4/c11-10-8(2-1-3-14-10)6-9-7-12-4-5-13-9/h1-3,9,12-13H,4-7H2,(H2,11,14). The second kappa shape index (κ2) is 4.39. The summed E-state index contributed by atoms with van der Waals surface area (Å²) in [7, 11) is 0. The molecule has 1 aromatic heterocycles. The number of anilines is 1. The lowest BCUT2D eigenvalue weighted by Gasteiger charge is -2.24. The van der Waals surface area contributed by atoms with E-state index in [1.165, 1.54) is 0 Å². The van der Waals surface area contributed by atoms with E-state index in [1.54, 1.807) is 6.20 Å². The molecule has 2 heterocycles. The van der Waals surface area contributed by atoms with Gasteiger partial charge in [-0.2, -0.15) is 0 Å². The Morgan fingerprint density at radius 1 is 1.50 bits per heavy atom. The van der Waals surface area contributed by atoms with Gasteiger partial charge in [-0.15, -0.1) is 0 Å². The van der Waals surface area contributed by atoms with Crippen LogP contribution in [-0.2, 0) is 6.42 Å². The number of hydrogen-bond donors (Lipinski definition) is 3. The van der Waals surface area contributed by atoms with Gasteiger partial charge >= 0.3 is 0 Å². The third kappa shape index (κ3) is 2.21. The third-order valence-electron chi connectivity index (χ3n) is 2.52. The molecule has 4 heteroatoms. The zero-order valence-corrected chi connectivity index (χ0v) is 8.16. The Balaban J connectivity index is 1.99. The van der Waals surface area contributed by atoms with E-state index in [0.717, 1.165) is 31.6 Å². The van der Waals surface area contributed by atoms with Crippen LogP contribution < -0.4 is 16.4 Å². The second-order valence-corrected chi connectivity index (χ2v) is 3.61. The third-order valence-corrected chi connectivity index (χ3v) is 2.52. The minimum Gasteiger partial charge on any atom is -0.383 e. The molecule has 1 unspecified atom stereocenters. The molecule has 1 aliphatic heterocycles. The number of aromatic nitrogens is 1. The monoisotopic (exact) mass is 192 g/mol. The van der Waals surface area contributed by atoms with Gasteiger partial charge in [-0.05, 0) is 18.1 Å². The van der Waals surface area contributed by atoms with Gasteiger partial charge in [-0.25, -0.2) is 4.98 Å². The first-order chi connectivity index (χ1) is 6.86. The first kappa shape index (κ1) is 9.43. The second-order valence-electron chi connectivity index (χ2n) is 3.61. The molecule has 0 bridgehead atoms. The smallest absolute Gasteiger partial charge is 0.126 e. The lowest BCUT2D eigenvalue weighted by molar-refractivity contribution is 0.417. The largest absolute Gasteiger partial charge is 0.383 e. The van der Waals surface area contributed by atoms with Crippen molar-refractivity contribution in [2.24, 2.45) is 0 Å². The molecule has 0 radical (unpaired) electrons. The van der Waals surface area contributed by atoms with Gasteiger partial charge in [0.2, 0.25) is 0 Å². The average molecular weight is 192 g/mol. The Kier molecular flexibility index (Phi) is 2.96. The molecule has 0 aromatic carbocycles. The highest BCUT2D eigenvalue weighted by atomic mass is 15.1. The van der Waals surface area contributed by atoms with Crippen LogP contribution in [0.25, 0.3) is 0 Å². The molecule has 1 aliphatic rings. The summed E-state index contributed by atoms with van der Waals surface area (Å²) in [5.41, 5.74) is 6.91. The van der Waals surface area contributed by atoms with Crippen molar-refractivity contribution >= 4 is 5.82 Å². The predicted octanol–water partition coefficient (Wildman–Crippen LogP) is -0.232. The molecule has 1 atom stereocenters. The van der Waals surface area contributed by atoms with Gasteiger partial charge in [0.15, 0.2) is 0 Å². The molecular formula is C10H16N4. The van der Waals surface area contributed by atoms with Crippen LogP contribution in [0.2, 0.25) is 0 Å². The van der Waals surface area contributed by atoms with Gasteiger partial charge in [-0.1, -0.05) is 6.07 Å². The van der Waals surface area contributed by atoms with E-state index < -0.39 is 0 Å². The Morgan fingerprint density at radius 2 is 2.43 bits per heavy atom. The first-order valence-corrected chi connectivity index (χ1v) is 5.00. The normalized spacial score (nSPS) is 22.1. The molecular weight excluding hydrogens is 176 g/mol. The minimum absolute atomic E-state index is 0.482. The number of nitrogen functional groups attached to an aromatic ring is 1.